The molecule has 1 fully saturated rings. The van der Waals surface area contributed by atoms with Gasteiger partial charge in [-0.05, 0) is 40.7 Å². The van der Waals surface area contributed by atoms with E-state index in [2.05, 4.69) is 9.97 Å². The highest BCUT2D eigenvalue weighted by atomic mass is 16.7. The van der Waals surface area contributed by atoms with Crippen molar-refractivity contribution in [1.29, 1.82) is 0 Å². The van der Waals surface area contributed by atoms with E-state index in [4.69, 9.17) is 9.31 Å². The van der Waals surface area contributed by atoms with Crippen molar-refractivity contribution in [3.05, 3.63) is 36.5 Å². The van der Waals surface area contributed by atoms with E-state index in [1.807, 2.05) is 57.5 Å². The number of aromatic nitrogens is 3. The molecule has 0 N–H and O–H groups in total. The van der Waals surface area contributed by atoms with Crippen molar-refractivity contribution in [3.63, 3.8) is 0 Å². The fourth-order valence-electron chi connectivity index (χ4n) is 2.22. The third kappa shape index (κ3) is 2.49. The molecule has 3 heterocycles. The topological polar surface area (TPSA) is 49.2 Å². The van der Waals surface area contributed by atoms with Crippen LogP contribution in [0.4, 0.5) is 0 Å². The smallest absolute Gasteiger partial charge is 0.399 e. The first kappa shape index (κ1) is 14.3. The summed E-state index contributed by atoms with van der Waals surface area (Å²) in [6.45, 7) is 10.1. The van der Waals surface area contributed by atoms with E-state index in [1.54, 1.807) is 12.5 Å². The summed E-state index contributed by atoms with van der Waals surface area (Å²) in [6, 6.07) is 3.93. The highest BCUT2D eigenvalue weighted by molar-refractivity contribution is 6.62. The van der Waals surface area contributed by atoms with Crippen LogP contribution in [0.2, 0.25) is 0 Å². The van der Waals surface area contributed by atoms with Gasteiger partial charge in [0, 0.05) is 17.9 Å². The molecule has 2 aromatic rings. The Labute approximate surface area is 125 Å². The summed E-state index contributed by atoms with van der Waals surface area (Å²) < 4.78 is 13.9. The molecule has 2 aromatic heterocycles. The van der Waals surface area contributed by atoms with Crippen molar-refractivity contribution in [2.75, 3.05) is 0 Å². The van der Waals surface area contributed by atoms with Gasteiger partial charge < -0.3 is 9.31 Å². The van der Waals surface area contributed by atoms with Crippen LogP contribution in [0, 0.1) is 6.92 Å². The van der Waals surface area contributed by atoms with E-state index < -0.39 is 0 Å². The second kappa shape index (κ2) is 4.68. The van der Waals surface area contributed by atoms with Crippen LogP contribution in [0.1, 0.15) is 33.4 Å². The van der Waals surface area contributed by atoms with Gasteiger partial charge in [-0.2, -0.15) is 0 Å². The predicted octanol–water partition coefficient (Wildman–Crippen LogP) is 1.87. The number of aryl methyl sites for hydroxylation is 1. The first-order valence-corrected chi connectivity index (χ1v) is 7.11. The number of hydrogen-bond acceptors (Lipinski definition) is 4. The van der Waals surface area contributed by atoms with Gasteiger partial charge in [-0.1, -0.05) is 6.07 Å². The Morgan fingerprint density at radius 3 is 2.19 bits per heavy atom. The molecular weight excluding hydrogens is 265 g/mol. The number of nitrogens with zero attached hydrogens (tertiary/aromatic N) is 3. The third-order valence-electron chi connectivity index (χ3n) is 4.27. The molecule has 0 saturated carbocycles. The van der Waals surface area contributed by atoms with Gasteiger partial charge in [-0.3, -0.25) is 4.57 Å². The van der Waals surface area contributed by atoms with Crippen molar-refractivity contribution < 1.29 is 9.31 Å². The van der Waals surface area contributed by atoms with Gasteiger partial charge in [0.15, 0.2) is 0 Å². The zero-order valence-electron chi connectivity index (χ0n) is 13.1. The Bertz CT molecular complexity index is 633. The summed E-state index contributed by atoms with van der Waals surface area (Å²) >= 11 is 0. The van der Waals surface area contributed by atoms with Crippen molar-refractivity contribution in [2.24, 2.45) is 0 Å². The molecule has 0 unspecified atom stereocenters. The second-order valence-corrected chi connectivity index (χ2v) is 6.46. The molecule has 0 atom stereocenters. The largest absolute Gasteiger partial charge is 0.496 e. The van der Waals surface area contributed by atoms with E-state index in [-0.39, 0.29) is 18.3 Å². The number of rotatable bonds is 2. The van der Waals surface area contributed by atoms with E-state index in [0.29, 0.717) is 0 Å². The Hall–Kier alpha value is -1.66. The third-order valence-corrected chi connectivity index (χ3v) is 4.27. The molecule has 5 nitrogen and oxygen atoms in total. The van der Waals surface area contributed by atoms with Crippen LogP contribution in [0.15, 0.2) is 30.9 Å². The van der Waals surface area contributed by atoms with Crippen molar-refractivity contribution in [2.45, 2.75) is 45.8 Å². The lowest BCUT2D eigenvalue weighted by atomic mass is 9.80. The molecule has 0 bridgehead atoms. The molecule has 1 aliphatic heterocycles. The lowest BCUT2D eigenvalue weighted by molar-refractivity contribution is 0.00578. The SMILES string of the molecule is Cc1cn(-c2ccc(B3OC(C)(C)C(C)(C)O3)cn2)cn1. The molecule has 0 aliphatic carbocycles. The van der Waals surface area contributed by atoms with Gasteiger partial charge in [-0.15, -0.1) is 0 Å². The van der Waals surface area contributed by atoms with Gasteiger partial charge >= 0.3 is 7.12 Å². The molecule has 1 saturated heterocycles. The zero-order chi connectivity index (χ0) is 15.3. The molecule has 0 amide bonds. The molecule has 1 aliphatic rings. The van der Waals surface area contributed by atoms with Crippen LogP contribution in [-0.2, 0) is 9.31 Å². The monoisotopic (exact) mass is 285 g/mol. The molecule has 21 heavy (non-hydrogen) atoms. The number of pyridine rings is 1. The summed E-state index contributed by atoms with van der Waals surface area (Å²) in [6.07, 6.45) is 5.50. The first-order valence-electron chi connectivity index (χ1n) is 7.11. The maximum Gasteiger partial charge on any atom is 0.496 e. The predicted molar refractivity (Wildman–Crippen MR) is 81.8 cm³/mol. The second-order valence-electron chi connectivity index (χ2n) is 6.46. The molecule has 0 spiro atoms. The standard InChI is InChI=1S/C15H20BN3O2/c1-11-9-19(10-18-11)13-7-6-12(8-17-13)16-20-14(2,3)15(4,5)21-16/h6-10H,1-5H3. The average Bonchev–Trinajstić information content (AvgIpc) is 2.92. The molecule has 110 valence electrons. The summed E-state index contributed by atoms with van der Waals surface area (Å²) in [4.78, 5) is 8.67. The van der Waals surface area contributed by atoms with Crippen molar-refractivity contribution >= 4 is 12.6 Å². The Morgan fingerprint density at radius 2 is 1.71 bits per heavy atom. The minimum absolute atomic E-state index is 0.336. The minimum atomic E-state index is -0.374. The Morgan fingerprint density at radius 1 is 1.05 bits per heavy atom. The summed E-state index contributed by atoms with van der Waals surface area (Å²) in [5, 5.41) is 0. The minimum Gasteiger partial charge on any atom is -0.399 e. The van der Waals surface area contributed by atoms with Crippen molar-refractivity contribution in [3.8, 4) is 5.82 Å². The highest BCUT2D eigenvalue weighted by Gasteiger charge is 2.51. The van der Waals surface area contributed by atoms with Gasteiger partial charge in [0.1, 0.15) is 12.1 Å². The molecular formula is C15H20BN3O2. The van der Waals surface area contributed by atoms with Crippen LogP contribution in [0.3, 0.4) is 0 Å². The summed E-state index contributed by atoms with van der Waals surface area (Å²) in [5.41, 5.74) is 1.22. The molecule has 3 rings (SSSR count). The fraction of sp³-hybridized carbons (Fsp3) is 0.467. The maximum atomic E-state index is 6.02. The average molecular weight is 285 g/mol. The highest BCUT2D eigenvalue weighted by Crippen LogP contribution is 2.36. The van der Waals surface area contributed by atoms with Crippen LogP contribution < -0.4 is 5.46 Å². The first-order chi connectivity index (χ1) is 9.78. The van der Waals surface area contributed by atoms with Gasteiger partial charge in [-0.25, -0.2) is 9.97 Å². The summed E-state index contributed by atoms with van der Waals surface area (Å²) in [7, 11) is -0.374. The van der Waals surface area contributed by atoms with E-state index in [9.17, 15) is 0 Å². The Kier molecular flexibility index (Phi) is 3.18. The van der Waals surface area contributed by atoms with Crippen molar-refractivity contribution in [1.82, 2.24) is 14.5 Å². The maximum absolute atomic E-state index is 6.02. The van der Waals surface area contributed by atoms with Crippen LogP contribution in [-0.4, -0.2) is 32.9 Å². The molecule has 0 radical (unpaired) electrons. The lowest BCUT2D eigenvalue weighted by Crippen LogP contribution is -2.41. The Balaban J connectivity index is 1.83. The zero-order valence-corrected chi connectivity index (χ0v) is 13.1. The van der Waals surface area contributed by atoms with Gasteiger partial charge in [0.2, 0.25) is 0 Å². The van der Waals surface area contributed by atoms with Gasteiger partial charge in [0.05, 0.1) is 16.9 Å². The molecule has 6 heteroatoms. The quantitative estimate of drug-likeness (QED) is 0.790. The van der Waals surface area contributed by atoms with E-state index >= 15 is 0 Å². The lowest BCUT2D eigenvalue weighted by Gasteiger charge is -2.32. The van der Waals surface area contributed by atoms with Crippen LogP contribution >= 0.6 is 0 Å². The summed E-state index contributed by atoms with van der Waals surface area (Å²) in [5.74, 6) is 0.830. The van der Waals surface area contributed by atoms with E-state index in [1.165, 1.54) is 0 Å². The fourth-order valence-corrected chi connectivity index (χ4v) is 2.22. The number of hydrogen-bond donors (Lipinski definition) is 0. The van der Waals surface area contributed by atoms with Crippen LogP contribution in [0.25, 0.3) is 5.82 Å². The molecule has 0 aromatic carbocycles. The van der Waals surface area contributed by atoms with Crippen LogP contribution in [0.5, 0.6) is 0 Å². The number of imidazole rings is 1. The van der Waals surface area contributed by atoms with E-state index in [0.717, 1.165) is 17.0 Å². The van der Waals surface area contributed by atoms with Gasteiger partial charge in [0.25, 0.3) is 0 Å². The normalized spacial score (nSPS) is 20.0.